The molecule has 3 N–H and O–H groups in total. The molecule has 17 heavy (non-hydrogen) atoms. The summed E-state index contributed by atoms with van der Waals surface area (Å²) in [6.45, 7) is 2.50. The van der Waals surface area contributed by atoms with Crippen molar-refractivity contribution in [1.29, 1.82) is 0 Å². The van der Waals surface area contributed by atoms with Crippen molar-refractivity contribution in [1.82, 2.24) is 4.98 Å². The van der Waals surface area contributed by atoms with Crippen LogP contribution < -0.4 is 10.6 Å². The zero-order valence-electron chi connectivity index (χ0n) is 9.55. The average molecular weight is 241 g/mol. The number of primary amides is 1. The van der Waals surface area contributed by atoms with Crippen molar-refractivity contribution < 1.29 is 19.1 Å². The fourth-order valence-electron chi connectivity index (χ4n) is 1.29. The number of amides is 1. The Bertz CT molecular complexity index is 402. The maximum atomic E-state index is 10.9. The van der Waals surface area contributed by atoms with Crippen molar-refractivity contribution >= 4 is 17.9 Å². The van der Waals surface area contributed by atoms with Gasteiger partial charge in [0.1, 0.15) is 12.8 Å². The fourth-order valence-corrected chi connectivity index (χ4v) is 1.29. The van der Waals surface area contributed by atoms with E-state index in [1.807, 2.05) is 6.92 Å². The van der Waals surface area contributed by atoms with Crippen molar-refractivity contribution in [3.8, 4) is 0 Å². The number of aromatic nitrogens is 1. The smallest absolute Gasteiger partial charge is 0.357 e. The first-order chi connectivity index (χ1) is 8.04. The highest BCUT2D eigenvalue weighted by atomic mass is 16.4. The highest BCUT2D eigenvalue weighted by Crippen LogP contribution is 2.14. The van der Waals surface area contributed by atoms with E-state index in [9.17, 15) is 9.59 Å². The molecular weight excluding hydrogens is 226 g/mol. The quantitative estimate of drug-likeness (QED) is 0.717. The standard InChI is InChI=1S/C10H15N3O4/c1-2-3-4-13(5-8(11)14)10-12-7(6-17-10)9(15)16/h6H,2-5H2,1H3,(H2,11,14)(H,15,16). The summed E-state index contributed by atoms with van der Waals surface area (Å²) in [6, 6.07) is 0.106. The Balaban J connectivity index is 2.79. The third-order valence-electron chi connectivity index (χ3n) is 2.11. The van der Waals surface area contributed by atoms with Crippen LogP contribution in [0.15, 0.2) is 10.7 Å². The molecule has 1 amide bonds. The Morgan fingerprint density at radius 2 is 2.29 bits per heavy atom. The van der Waals surface area contributed by atoms with E-state index in [0.29, 0.717) is 6.54 Å². The number of anilines is 1. The zero-order valence-corrected chi connectivity index (χ0v) is 9.55. The van der Waals surface area contributed by atoms with Gasteiger partial charge < -0.3 is 20.2 Å². The second-order valence-electron chi connectivity index (χ2n) is 3.56. The van der Waals surface area contributed by atoms with Gasteiger partial charge in [-0.25, -0.2) is 4.79 Å². The predicted octanol–water partition coefficient (Wildman–Crippen LogP) is 0.465. The minimum Gasteiger partial charge on any atom is -0.476 e. The van der Waals surface area contributed by atoms with E-state index in [2.05, 4.69) is 4.98 Å². The third-order valence-corrected chi connectivity index (χ3v) is 2.11. The van der Waals surface area contributed by atoms with E-state index < -0.39 is 11.9 Å². The number of nitrogens with two attached hydrogens (primary N) is 1. The van der Waals surface area contributed by atoms with Gasteiger partial charge in [0.2, 0.25) is 5.91 Å². The lowest BCUT2D eigenvalue weighted by molar-refractivity contribution is -0.116. The second kappa shape index (κ2) is 5.88. The molecule has 1 rings (SSSR count). The fraction of sp³-hybridized carbons (Fsp3) is 0.500. The summed E-state index contributed by atoms with van der Waals surface area (Å²) in [7, 11) is 0. The minimum absolute atomic E-state index is 0.0421. The van der Waals surface area contributed by atoms with E-state index in [1.54, 1.807) is 0 Å². The molecule has 1 aromatic heterocycles. The molecule has 1 heterocycles. The van der Waals surface area contributed by atoms with E-state index in [1.165, 1.54) is 4.90 Å². The van der Waals surface area contributed by atoms with Gasteiger partial charge in [-0.05, 0) is 6.42 Å². The molecule has 0 saturated heterocycles. The maximum Gasteiger partial charge on any atom is 0.357 e. The molecule has 0 aliphatic heterocycles. The maximum absolute atomic E-state index is 10.9. The number of unbranched alkanes of at least 4 members (excludes halogenated alkanes) is 1. The summed E-state index contributed by atoms with van der Waals surface area (Å²) in [5, 5.41) is 8.71. The Labute approximate surface area is 98.2 Å². The van der Waals surface area contributed by atoms with Crippen molar-refractivity contribution in [3.63, 3.8) is 0 Å². The molecule has 0 atom stereocenters. The molecule has 0 aliphatic carbocycles. The molecule has 0 radical (unpaired) electrons. The van der Waals surface area contributed by atoms with Gasteiger partial charge in [-0.2, -0.15) is 4.98 Å². The number of hydrogen-bond donors (Lipinski definition) is 2. The number of carbonyl (C=O) groups is 2. The van der Waals surface area contributed by atoms with Gasteiger partial charge in [-0.15, -0.1) is 0 Å². The molecule has 0 aliphatic rings. The summed E-state index contributed by atoms with van der Waals surface area (Å²) in [6.07, 6.45) is 2.80. The number of carbonyl (C=O) groups excluding carboxylic acids is 1. The topological polar surface area (TPSA) is 110 Å². The van der Waals surface area contributed by atoms with E-state index in [4.69, 9.17) is 15.3 Å². The highest BCUT2D eigenvalue weighted by molar-refractivity contribution is 5.85. The summed E-state index contributed by atoms with van der Waals surface area (Å²) < 4.78 is 5.01. The van der Waals surface area contributed by atoms with Crippen molar-refractivity contribution in [2.24, 2.45) is 5.73 Å². The number of nitrogens with zero attached hydrogens (tertiary/aromatic N) is 2. The lowest BCUT2D eigenvalue weighted by atomic mass is 10.3. The monoisotopic (exact) mass is 241 g/mol. The summed E-state index contributed by atoms with van der Waals surface area (Å²) in [5.74, 6) is -1.69. The van der Waals surface area contributed by atoms with Crippen LogP contribution >= 0.6 is 0 Å². The van der Waals surface area contributed by atoms with Crippen LogP contribution in [0.3, 0.4) is 0 Å². The summed E-state index contributed by atoms with van der Waals surface area (Å²) in [5.41, 5.74) is 4.91. The predicted molar refractivity (Wildman–Crippen MR) is 59.8 cm³/mol. The van der Waals surface area contributed by atoms with Gasteiger partial charge in [0.15, 0.2) is 5.69 Å². The zero-order chi connectivity index (χ0) is 12.8. The minimum atomic E-state index is -1.17. The number of carboxylic acid groups (broad SMARTS) is 1. The lowest BCUT2D eigenvalue weighted by Crippen LogP contribution is -2.34. The van der Waals surface area contributed by atoms with Crippen LogP contribution in [0.1, 0.15) is 30.3 Å². The van der Waals surface area contributed by atoms with E-state index >= 15 is 0 Å². The van der Waals surface area contributed by atoms with Crippen LogP contribution in [0, 0.1) is 0 Å². The number of rotatable bonds is 7. The second-order valence-corrected chi connectivity index (χ2v) is 3.56. The Hall–Kier alpha value is -2.05. The molecule has 0 saturated carbocycles. The van der Waals surface area contributed by atoms with Crippen LogP contribution in [-0.4, -0.2) is 35.1 Å². The lowest BCUT2D eigenvalue weighted by Gasteiger charge is -2.17. The molecule has 7 heteroatoms. The SMILES string of the molecule is CCCCN(CC(N)=O)c1nc(C(=O)O)co1. The summed E-state index contributed by atoms with van der Waals surface area (Å²) in [4.78, 5) is 26.8. The van der Waals surface area contributed by atoms with Crippen molar-refractivity contribution in [2.75, 3.05) is 18.0 Å². The number of carboxylic acids is 1. The number of aromatic carboxylic acids is 1. The van der Waals surface area contributed by atoms with Crippen molar-refractivity contribution in [3.05, 3.63) is 12.0 Å². The van der Waals surface area contributed by atoms with Gasteiger partial charge in [0.05, 0.1) is 0 Å². The number of hydrogen-bond acceptors (Lipinski definition) is 5. The van der Waals surface area contributed by atoms with Gasteiger partial charge >= 0.3 is 5.97 Å². The Morgan fingerprint density at radius 1 is 1.59 bits per heavy atom. The molecule has 0 spiro atoms. The third kappa shape index (κ3) is 3.78. The molecule has 0 unspecified atom stereocenters. The largest absolute Gasteiger partial charge is 0.476 e. The normalized spacial score (nSPS) is 10.2. The molecule has 0 bridgehead atoms. The Kier molecular flexibility index (Phi) is 4.50. The first-order valence-electron chi connectivity index (χ1n) is 5.26. The molecule has 1 aromatic rings. The number of oxazole rings is 1. The van der Waals surface area contributed by atoms with Crippen molar-refractivity contribution in [2.45, 2.75) is 19.8 Å². The van der Waals surface area contributed by atoms with Crippen LogP contribution in [0.2, 0.25) is 0 Å². The molecule has 94 valence electrons. The van der Waals surface area contributed by atoms with Crippen LogP contribution in [0.5, 0.6) is 0 Å². The molecule has 0 fully saturated rings. The van der Waals surface area contributed by atoms with Crippen LogP contribution in [0.4, 0.5) is 6.01 Å². The first-order valence-corrected chi connectivity index (χ1v) is 5.26. The molecule has 0 aromatic carbocycles. The highest BCUT2D eigenvalue weighted by Gasteiger charge is 2.17. The molecule has 7 nitrogen and oxygen atoms in total. The molecular formula is C10H15N3O4. The van der Waals surface area contributed by atoms with Crippen LogP contribution in [-0.2, 0) is 4.79 Å². The van der Waals surface area contributed by atoms with Gasteiger partial charge in [0, 0.05) is 6.54 Å². The van der Waals surface area contributed by atoms with E-state index in [-0.39, 0.29) is 18.3 Å². The van der Waals surface area contributed by atoms with E-state index in [0.717, 1.165) is 19.1 Å². The first kappa shape index (κ1) is 13.0. The summed E-state index contributed by atoms with van der Waals surface area (Å²) >= 11 is 0. The van der Waals surface area contributed by atoms with Crippen LogP contribution in [0.25, 0.3) is 0 Å². The average Bonchev–Trinajstić information content (AvgIpc) is 2.72. The van der Waals surface area contributed by atoms with Gasteiger partial charge in [0.25, 0.3) is 6.01 Å². The Morgan fingerprint density at radius 3 is 2.76 bits per heavy atom. The van der Waals surface area contributed by atoms with Gasteiger partial charge in [-0.1, -0.05) is 13.3 Å². The van der Waals surface area contributed by atoms with Gasteiger partial charge in [-0.3, -0.25) is 4.79 Å².